The molecule has 0 unspecified atom stereocenters. The molecule has 0 aromatic heterocycles. The van der Waals surface area contributed by atoms with E-state index in [4.69, 9.17) is 5.73 Å². The molecule has 0 radical (unpaired) electrons. The Labute approximate surface area is 89.2 Å². The number of carbonyl (C=O) groups excluding carboxylic acids is 1. The average Bonchev–Trinajstić information content (AvgIpc) is 2.25. The molecule has 1 aromatic carbocycles. The van der Waals surface area contributed by atoms with Gasteiger partial charge in [-0.2, -0.15) is 0 Å². The summed E-state index contributed by atoms with van der Waals surface area (Å²) in [4.78, 5) is 10.7. The molecule has 0 aliphatic rings. The quantitative estimate of drug-likeness (QED) is 0.691. The van der Waals surface area contributed by atoms with Gasteiger partial charge in [0.2, 0.25) is 5.91 Å². The molecule has 1 amide bonds. The summed E-state index contributed by atoms with van der Waals surface area (Å²) in [7, 11) is 0. The maximum atomic E-state index is 10.7. The monoisotopic (exact) mass is 205 g/mol. The highest BCUT2D eigenvalue weighted by molar-refractivity contribution is 5.72. The predicted octanol–water partition coefficient (Wildman–Crippen LogP) is 1.16. The summed E-state index contributed by atoms with van der Waals surface area (Å²) >= 11 is 0. The van der Waals surface area contributed by atoms with Crippen LogP contribution in [0.15, 0.2) is 36.7 Å². The van der Waals surface area contributed by atoms with Crippen molar-refractivity contribution in [3.05, 3.63) is 42.2 Å². The number of hydrogen-bond donors (Lipinski definition) is 3. The van der Waals surface area contributed by atoms with Crippen molar-refractivity contribution in [2.24, 2.45) is 5.73 Å². The van der Waals surface area contributed by atoms with Gasteiger partial charge < -0.3 is 16.4 Å². The number of benzene rings is 1. The van der Waals surface area contributed by atoms with Gasteiger partial charge in [-0.15, -0.1) is 0 Å². The molecule has 0 bridgehead atoms. The van der Waals surface area contributed by atoms with E-state index in [-0.39, 0.29) is 5.91 Å². The molecule has 0 spiro atoms. The van der Waals surface area contributed by atoms with E-state index in [1.807, 2.05) is 24.3 Å². The molecule has 0 saturated carbocycles. The number of nitrogens with two attached hydrogens (primary N) is 1. The van der Waals surface area contributed by atoms with Crippen LogP contribution in [0.1, 0.15) is 12.5 Å². The van der Waals surface area contributed by atoms with Crippen molar-refractivity contribution in [3.63, 3.8) is 0 Å². The summed E-state index contributed by atoms with van der Waals surface area (Å²) < 4.78 is 0. The van der Waals surface area contributed by atoms with E-state index in [9.17, 15) is 4.79 Å². The summed E-state index contributed by atoms with van der Waals surface area (Å²) in [5.74, 6) is -0.0248. The number of nitrogens with one attached hydrogen (secondary N) is 2. The summed E-state index contributed by atoms with van der Waals surface area (Å²) in [6.07, 6.45) is 3.09. The lowest BCUT2D eigenvalue weighted by Crippen LogP contribution is -2.18. The molecule has 1 rings (SSSR count). The third kappa shape index (κ3) is 4.17. The first-order valence-electron chi connectivity index (χ1n) is 4.69. The third-order valence-corrected chi connectivity index (χ3v) is 1.84. The molecule has 80 valence electrons. The standard InChI is InChI=1S/C11H15N3O/c1-9(15)14-8-10-2-4-11(5-3-10)13-7-6-12/h2-7,13H,8,12H2,1H3,(H,14,15)/b7-6-. The molecule has 4 heteroatoms. The zero-order chi connectivity index (χ0) is 11.1. The molecule has 4 nitrogen and oxygen atoms in total. The maximum absolute atomic E-state index is 10.7. The highest BCUT2D eigenvalue weighted by atomic mass is 16.1. The summed E-state index contributed by atoms with van der Waals surface area (Å²) in [5.41, 5.74) is 7.22. The van der Waals surface area contributed by atoms with Gasteiger partial charge in [0.15, 0.2) is 0 Å². The predicted molar refractivity (Wildman–Crippen MR) is 60.9 cm³/mol. The highest BCUT2D eigenvalue weighted by Gasteiger charge is 1.94. The molecule has 0 atom stereocenters. The van der Waals surface area contributed by atoms with Gasteiger partial charge in [-0.1, -0.05) is 12.1 Å². The zero-order valence-corrected chi connectivity index (χ0v) is 8.66. The Bertz CT molecular complexity index is 343. The molecule has 1 aromatic rings. The minimum absolute atomic E-state index is 0.0248. The van der Waals surface area contributed by atoms with Crippen molar-refractivity contribution in [2.45, 2.75) is 13.5 Å². The molecule has 4 N–H and O–H groups in total. The summed E-state index contributed by atoms with van der Waals surface area (Å²) in [6.45, 7) is 2.06. The number of anilines is 1. The third-order valence-electron chi connectivity index (χ3n) is 1.84. The van der Waals surface area contributed by atoms with Crippen LogP contribution in [-0.2, 0) is 11.3 Å². The lowest BCUT2D eigenvalue weighted by molar-refractivity contribution is -0.119. The van der Waals surface area contributed by atoms with Gasteiger partial charge in [0.25, 0.3) is 0 Å². The number of hydrogen-bond acceptors (Lipinski definition) is 3. The van der Waals surface area contributed by atoms with E-state index in [1.165, 1.54) is 13.1 Å². The Hall–Kier alpha value is -1.97. The van der Waals surface area contributed by atoms with Crippen LogP contribution in [0.5, 0.6) is 0 Å². The molecule has 0 aliphatic heterocycles. The second kappa shape index (κ2) is 5.70. The number of amides is 1. The van der Waals surface area contributed by atoms with Gasteiger partial charge in [0, 0.05) is 31.6 Å². The van der Waals surface area contributed by atoms with E-state index in [2.05, 4.69) is 10.6 Å². The van der Waals surface area contributed by atoms with Crippen LogP contribution in [0.4, 0.5) is 5.69 Å². The van der Waals surface area contributed by atoms with Crippen molar-refractivity contribution in [2.75, 3.05) is 5.32 Å². The fourth-order valence-electron chi connectivity index (χ4n) is 1.09. The summed E-state index contributed by atoms with van der Waals surface area (Å²) in [6, 6.07) is 7.75. The van der Waals surface area contributed by atoms with Crippen molar-refractivity contribution in [1.82, 2.24) is 5.32 Å². The molecule has 0 aliphatic carbocycles. The van der Waals surface area contributed by atoms with Gasteiger partial charge in [-0.05, 0) is 17.7 Å². The maximum Gasteiger partial charge on any atom is 0.217 e. The first-order valence-corrected chi connectivity index (χ1v) is 4.69. The highest BCUT2D eigenvalue weighted by Crippen LogP contribution is 2.08. The lowest BCUT2D eigenvalue weighted by atomic mass is 10.2. The largest absolute Gasteiger partial charge is 0.403 e. The van der Waals surface area contributed by atoms with Crippen molar-refractivity contribution in [1.29, 1.82) is 0 Å². The van der Waals surface area contributed by atoms with Gasteiger partial charge in [-0.25, -0.2) is 0 Å². The van der Waals surface area contributed by atoms with Crippen molar-refractivity contribution in [3.8, 4) is 0 Å². The van der Waals surface area contributed by atoms with Gasteiger partial charge in [0.05, 0.1) is 0 Å². The van der Waals surface area contributed by atoms with Crippen LogP contribution in [0, 0.1) is 0 Å². The Kier molecular flexibility index (Phi) is 4.22. The smallest absolute Gasteiger partial charge is 0.217 e. The van der Waals surface area contributed by atoms with Gasteiger partial charge >= 0.3 is 0 Å². The van der Waals surface area contributed by atoms with Crippen LogP contribution in [0.3, 0.4) is 0 Å². The molecular formula is C11H15N3O. The van der Waals surface area contributed by atoms with Crippen molar-refractivity contribution >= 4 is 11.6 Å². The molecular weight excluding hydrogens is 190 g/mol. The lowest BCUT2D eigenvalue weighted by Gasteiger charge is -2.04. The van der Waals surface area contributed by atoms with E-state index < -0.39 is 0 Å². The van der Waals surface area contributed by atoms with Crippen LogP contribution < -0.4 is 16.4 Å². The minimum atomic E-state index is -0.0248. The molecule has 0 heterocycles. The molecule has 0 fully saturated rings. The Morgan fingerprint density at radius 3 is 2.60 bits per heavy atom. The van der Waals surface area contributed by atoms with Crippen LogP contribution in [0.2, 0.25) is 0 Å². The molecule has 15 heavy (non-hydrogen) atoms. The van der Waals surface area contributed by atoms with Crippen LogP contribution in [-0.4, -0.2) is 5.91 Å². The number of rotatable bonds is 4. The second-order valence-corrected chi connectivity index (χ2v) is 3.11. The van der Waals surface area contributed by atoms with Crippen LogP contribution >= 0.6 is 0 Å². The van der Waals surface area contributed by atoms with E-state index in [0.717, 1.165) is 11.3 Å². The normalized spacial score (nSPS) is 10.2. The van der Waals surface area contributed by atoms with E-state index in [0.29, 0.717) is 6.54 Å². The van der Waals surface area contributed by atoms with Crippen molar-refractivity contribution < 1.29 is 4.79 Å². The van der Waals surface area contributed by atoms with Crippen LogP contribution in [0.25, 0.3) is 0 Å². The van der Waals surface area contributed by atoms with Gasteiger partial charge in [0.1, 0.15) is 0 Å². The van der Waals surface area contributed by atoms with E-state index in [1.54, 1.807) is 6.20 Å². The Morgan fingerprint density at radius 2 is 2.07 bits per heavy atom. The number of carbonyl (C=O) groups is 1. The first-order chi connectivity index (χ1) is 7.22. The summed E-state index contributed by atoms with van der Waals surface area (Å²) in [5, 5.41) is 5.72. The minimum Gasteiger partial charge on any atom is -0.403 e. The molecule has 0 saturated heterocycles. The Morgan fingerprint density at radius 1 is 1.40 bits per heavy atom. The fraction of sp³-hybridized carbons (Fsp3) is 0.182. The second-order valence-electron chi connectivity index (χ2n) is 3.11. The Balaban J connectivity index is 2.52. The topological polar surface area (TPSA) is 67.2 Å². The average molecular weight is 205 g/mol. The van der Waals surface area contributed by atoms with Gasteiger partial charge in [-0.3, -0.25) is 4.79 Å². The first kappa shape index (κ1) is 11.1. The SMILES string of the molecule is CC(=O)NCc1ccc(N/C=C\N)cc1. The fourth-order valence-corrected chi connectivity index (χ4v) is 1.09. The van der Waals surface area contributed by atoms with E-state index >= 15 is 0 Å². The zero-order valence-electron chi connectivity index (χ0n) is 8.66.